The van der Waals surface area contributed by atoms with Crippen LogP contribution in [0.25, 0.3) is 0 Å². The van der Waals surface area contributed by atoms with Gasteiger partial charge in [-0.25, -0.2) is 4.79 Å². The molecule has 0 atom stereocenters. The van der Waals surface area contributed by atoms with E-state index in [9.17, 15) is 9.59 Å². The zero-order valence-electron chi connectivity index (χ0n) is 10.7. The van der Waals surface area contributed by atoms with Gasteiger partial charge in [-0.15, -0.1) is 0 Å². The number of rotatable bonds is 5. The molecule has 0 bridgehead atoms. The van der Waals surface area contributed by atoms with Crippen molar-refractivity contribution >= 4 is 17.6 Å². The molecule has 7 nitrogen and oxygen atoms in total. The van der Waals surface area contributed by atoms with E-state index in [0.29, 0.717) is 11.4 Å². The predicted molar refractivity (Wildman–Crippen MR) is 70.8 cm³/mol. The summed E-state index contributed by atoms with van der Waals surface area (Å²) in [6, 6.07) is 8.27. The lowest BCUT2D eigenvalue weighted by Crippen LogP contribution is -2.19. The van der Waals surface area contributed by atoms with Crippen LogP contribution in [0.2, 0.25) is 0 Å². The topological polar surface area (TPSA) is 93.5 Å². The Balaban J connectivity index is 1.99. The largest absolute Gasteiger partial charge is 0.497 e. The van der Waals surface area contributed by atoms with E-state index in [-0.39, 0.29) is 18.1 Å². The summed E-state index contributed by atoms with van der Waals surface area (Å²) in [4.78, 5) is 22.5. The Kier molecular flexibility index (Phi) is 3.99. The van der Waals surface area contributed by atoms with Gasteiger partial charge in [-0.2, -0.15) is 5.10 Å². The first-order valence-corrected chi connectivity index (χ1v) is 5.79. The van der Waals surface area contributed by atoms with Gasteiger partial charge in [-0.1, -0.05) is 6.07 Å². The van der Waals surface area contributed by atoms with Gasteiger partial charge in [0, 0.05) is 18.0 Å². The summed E-state index contributed by atoms with van der Waals surface area (Å²) in [6.45, 7) is -0.0650. The van der Waals surface area contributed by atoms with Crippen molar-refractivity contribution in [2.75, 3.05) is 12.4 Å². The number of methoxy groups -OCH3 is 1. The number of amides is 1. The van der Waals surface area contributed by atoms with Crippen LogP contribution in [0.3, 0.4) is 0 Å². The van der Waals surface area contributed by atoms with Crippen molar-refractivity contribution in [3.8, 4) is 5.75 Å². The molecule has 0 saturated heterocycles. The van der Waals surface area contributed by atoms with Crippen molar-refractivity contribution < 1.29 is 19.4 Å². The second kappa shape index (κ2) is 5.87. The number of hydrogen-bond donors (Lipinski definition) is 2. The number of aromatic carboxylic acids is 1. The summed E-state index contributed by atoms with van der Waals surface area (Å²) < 4.78 is 6.31. The number of benzene rings is 1. The van der Waals surface area contributed by atoms with Crippen molar-refractivity contribution in [1.29, 1.82) is 0 Å². The van der Waals surface area contributed by atoms with E-state index in [4.69, 9.17) is 9.84 Å². The van der Waals surface area contributed by atoms with Gasteiger partial charge in [-0.3, -0.25) is 9.48 Å². The third-order valence-corrected chi connectivity index (χ3v) is 2.52. The Labute approximate surface area is 114 Å². The van der Waals surface area contributed by atoms with Gasteiger partial charge in [0.25, 0.3) is 0 Å². The Morgan fingerprint density at radius 2 is 2.20 bits per heavy atom. The lowest BCUT2D eigenvalue weighted by atomic mass is 10.3. The molecule has 104 valence electrons. The quantitative estimate of drug-likeness (QED) is 0.856. The number of carboxylic acids is 1. The minimum Gasteiger partial charge on any atom is -0.497 e. The molecule has 0 aliphatic carbocycles. The van der Waals surface area contributed by atoms with E-state index in [0.717, 1.165) is 0 Å². The molecule has 2 aromatic rings. The monoisotopic (exact) mass is 275 g/mol. The number of nitrogens with zero attached hydrogens (tertiary/aromatic N) is 2. The molecule has 2 N–H and O–H groups in total. The summed E-state index contributed by atoms with van der Waals surface area (Å²) in [5.74, 6) is -0.801. The molecule has 0 aliphatic rings. The molecule has 0 aliphatic heterocycles. The average molecular weight is 275 g/mol. The minimum absolute atomic E-state index is 0.0650. The number of carbonyl (C=O) groups excluding carboxylic acids is 1. The molecule has 1 aromatic carbocycles. The third-order valence-electron chi connectivity index (χ3n) is 2.52. The Morgan fingerprint density at radius 3 is 2.85 bits per heavy atom. The summed E-state index contributed by atoms with van der Waals surface area (Å²) in [5, 5.41) is 15.2. The Hall–Kier alpha value is -2.83. The average Bonchev–Trinajstić information content (AvgIpc) is 2.87. The van der Waals surface area contributed by atoms with Gasteiger partial charge in [0.15, 0.2) is 5.69 Å². The van der Waals surface area contributed by atoms with Gasteiger partial charge in [0.2, 0.25) is 5.91 Å². The summed E-state index contributed by atoms with van der Waals surface area (Å²) >= 11 is 0. The van der Waals surface area contributed by atoms with E-state index in [1.807, 2.05) is 0 Å². The Morgan fingerprint density at radius 1 is 1.40 bits per heavy atom. The molecule has 0 spiro atoms. The van der Waals surface area contributed by atoms with E-state index in [2.05, 4.69) is 10.4 Å². The van der Waals surface area contributed by atoms with Crippen LogP contribution in [0, 0.1) is 0 Å². The van der Waals surface area contributed by atoms with Crippen LogP contribution < -0.4 is 10.1 Å². The van der Waals surface area contributed by atoms with Crippen LogP contribution >= 0.6 is 0 Å². The predicted octanol–water partition coefficient (Wildman–Crippen LogP) is 1.23. The molecular weight excluding hydrogens is 262 g/mol. The Bertz CT molecular complexity index is 636. The van der Waals surface area contributed by atoms with Crippen molar-refractivity contribution in [1.82, 2.24) is 9.78 Å². The number of ether oxygens (including phenoxy) is 1. The first-order valence-electron chi connectivity index (χ1n) is 5.79. The zero-order chi connectivity index (χ0) is 14.5. The van der Waals surface area contributed by atoms with E-state index in [1.54, 1.807) is 24.3 Å². The molecule has 20 heavy (non-hydrogen) atoms. The third kappa shape index (κ3) is 3.35. The van der Waals surface area contributed by atoms with Gasteiger partial charge < -0.3 is 15.2 Å². The second-order valence-electron chi connectivity index (χ2n) is 3.98. The molecule has 1 heterocycles. The highest BCUT2D eigenvalue weighted by molar-refractivity contribution is 5.90. The highest BCUT2D eigenvalue weighted by Crippen LogP contribution is 2.16. The number of anilines is 1. The van der Waals surface area contributed by atoms with E-state index in [1.165, 1.54) is 24.1 Å². The fourth-order valence-corrected chi connectivity index (χ4v) is 1.61. The van der Waals surface area contributed by atoms with Crippen LogP contribution in [-0.4, -0.2) is 33.9 Å². The van der Waals surface area contributed by atoms with Crippen molar-refractivity contribution in [2.24, 2.45) is 0 Å². The smallest absolute Gasteiger partial charge is 0.356 e. The van der Waals surface area contributed by atoms with E-state index >= 15 is 0 Å². The summed E-state index contributed by atoms with van der Waals surface area (Å²) in [7, 11) is 1.54. The molecule has 0 radical (unpaired) electrons. The maximum absolute atomic E-state index is 11.8. The first-order chi connectivity index (χ1) is 9.58. The van der Waals surface area contributed by atoms with Crippen LogP contribution in [0.15, 0.2) is 36.5 Å². The van der Waals surface area contributed by atoms with Gasteiger partial charge in [0.05, 0.1) is 7.11 Å². The fraction of sp³-hybridized carbons (Fsp3) is 0.154. The fourth-order valence-electron chi connectivity index (χ4n) is 1.61. The van der Waals surface area contributed by atoms with E-state index < -0.39 is 5.97 Å². The van der Waals surface area contributed by atoms with Crippen molar-refractivity contribution in [3.05, 3.63) is 42.2 Å². The van der Waals surface area contributed by atoms with Crippen LogP contribution in [0.1, 0.15) is 10.5 Å². The van der Waals surface area contributed by atoms with Crippen LogP contribution in [-0.2, 0) is 11.3 Å². The first kappa shape index (κ1) is 13.6. The normalized spacial score (nSPS) is 10.1. The number of hydrogen-bond acceptors (Lipinski definition) is 4. The standard InChI is InChI=1S/C13H13N3O4/c1-20-10-4-2-3-9(7-10)14-12(17)8-16-6-5-11(15-16)13(18)19/h2-7H,8H2,1H3,(H,14,17)(H,18,19). The lowest BCUT2D eigenvalue weighted by Gasteiger charge is -2.07. The van der Waals surface area contributed by atoms with Crippen molar-refractivity contribution in [3.63, 3.8) is 0 Å². The molecule has 0 unspecified atom stereocenters. The zero-order valence-corrected chi connectivity index (χ0v) is 10.7. The van der Waals surface area contributed by atoms with Crippen LogP contribution in [0.4, 0.5) is 5.69 Å². The maximum atomic E-state index is 11.8. The van der Waals surface area contributed by atoms with Crippen LogP contribution in [0.5, 0.6) is 5.75 Å². The number of carboxylic acid groups (broad SMARTS) is 1. The minimum atomic E-state index is -1.13. The summed E-state index contributed by atoms with van der Waals surface area (Å²) in [5.41, 5.74) is 0.499. The highest BCUT2D eigenvalue weighted by atomic mass is 16.5. The maximum Gasteiger partial charge on any atom is 0.356 e. The molecule has 7 heteroatoms. The SMILES string of the molecule is COc1cccc(NC(=O)Cn2ccc(C(=O)O)n2)c1. The molecule has 1 amide bonds. The molecule has 2 rings (SSSR count). The molecule has 0 fully saturated rings. The number of carbonyl (C=O) groups is 2. The second-order valence-corrected chi connectivity index (χ2v) is 3.98. The highest BCUT2D eigenvalue weighted by Gasteiger charge is 2.09. The van der Waals surface area contributed by atoms with Gasteiger partial charge >= 0.3 is 5.97 Å². The van der Waals surface area contributed by atoms with Crippen molar-refractivity contribution in [2.45, 2.75) is 6.54 Å². The number of nitrogens with one attached hydrogen (secondary N) is 1. The number of aromatic nitrogens is 2. The summed E-state index contributed by atoms with van der Waals surface area (Å²) in [6.07, 6.45) is 1.44. The van der Waals surface area contributed by atoms with Gasteiger partial charge in [0.1, 0.15) is 12.3 Å². The molecular formula is C13H13N3O4. The molecule has 0 saturated carbocycles. The van der Waals surface area contributed by atoms with Gasteiger partial charge in [-0.05, 0) is 18.2 Å². The lowest BCUT2D eigenvalue weighted by molar-refractivity contribution is -0.116. The molecule has 1 aromatic heterocycles.